The van der Waals surface area contributed by atoms with Gasteiger partial charge in [-0.05, 0) is 37.5 Å². The summed E-state index contributed by atoms with van der Waals surface area (Å²) in [7, 11) is 0. The molecule has 27 heavy (non-hydrogen) atoms. The Morgan fingerprint density at radius 1 is 1.30 bits per heavy atom. The summed E-state index contributed by atoms with van der Waals surface area (Å²) < 4.78 is 11.2. The first-order valence-corrected chi connectivity index (χ1v) is 9.58. The zero-order chi connectivity index (χ0) is 18.6. The molecule has 0 bridgehead atoms. The van der Waals surface area contributed by atoms with Crippen molar-refractivity contribution < 1.29 is 19.4 Å². The van der Waals surface area contributed by atoms with Crippen molar-refractivity contribution in [3.63, 3.8) is 0 Å². The number of halogens is 1. The van der Waals surface area contributed by atoms with Crippen LogP contribution in [0.1, 0.15) is 31.7 Å². The smallest absolute Gasteiger partial charge is 0.226 e. The molecule has 0 aromatic heterocycles. The number of benzene rings is 1. The fourth-order valence-corrected chi connectivity index (χ4v) is 4.15. The van der Waals surface area contributed by atoms with Crippen LogP contribution < -0.4 is 10.5 Å². The molecule has 0 radical (unpaired) electrons. The van der Waals surface area contributed by atoms with E-state index in [1.165, 1.54) is 0 Å². The highest BCUT2D eigenvalue weighted by molar-refractivity contribution is 5.85. The Kier molecular flexibility index (Phi) is 7.91. The van der Waals surface area contributed by atoms with E-state index in [4.69, 9.17) is 15.2 Å². The SMILES string of the molecule is CCOc1ccc(CC(=O)N2CCC3(CC2)[C@H](O)C[C@@H]3OCCN)cc1.Cl. The van der Waals surface area contributed by atoms with Gasteiger partial charge in [0.2, 0.25) is 5.91 Å². The summed E-state index contributed by atoms with van der Waals surface area (Å²) in [5.74, 6) is 0.961. The summed E-state index contributed by atoms with van der Waals surface area (Å²) in [6, 6.07) is 7.70. The van der Waals surface area contributed by atoms with Crippen LogP contribution in [0.25, 0.3) is 0 Å². The number of carbonyl (C=O) groups is 1. The Morgan fingerprint density at radius 2 is 1.96 bits per heavy atom. The third-order valence-corrected chi connectivity index (χ3v) is 5.82. The fraction of sp³-hybridized carbons (Fsp3) is 0.650. The van der Waals surface area contributed by atoms with Gasteiger partial charge in [-0.2, -0.15) is 0 Å². The molecule has 2 aliphatic rings. The van der Waals surface area contributed by atoms with Gasteiger partial charge < -0.3 is 25.2 Å². The first-order chi connectivity index (χ1) is 12.6. The average Bonchev–Trinajstić information content (AvgIpc) is 2.67. The van der Waals surface area contributed by atoms with Crippen LogP contribution in [-0.2, 0) is 16.0 Å². The van der Waals surface area contributed by atoms with Crippen molar-refractivity contribution in [2.75, 3.05) is 32.8 Å². The molecule has 6 nitrogen and oxygen atoms in total. The van der Waals surface area contributed by atoms with E-state index < -0.39 is 0 Å². The molecule has 7 heteroatoms. The van der Waals surface area contributed by atoms with Crippen LogP contribution >= 0.6 is 12.4 Å². The number of aliphatic hydroxyl groups excluding tert-OH is 1. The molecule has 1 saturated heterocycles. The van der Waals surface area contributed by atoms with Crippen LogP contribution in [0, 0.1) is 5.41 Å². The highest BCUT2D eigenvalue weighted by Crippen LogP contribution is 2.50. The molecular formula is C20H31ClN2O4. The van der Waals surface area contributed by atoms with E-state index in [1.54, 1.807) is 0 Å². The number of carbonyl (C=O) groups excluding carboxylic acids is 1. The van der Waals surface area contributed by atoms with Crippen LogP contribution in [0.3, 0.4) is 0 Å². The zero-order valence-corrected chi connectivity index (χ0v) is 16.7. The van der Waals surface area contributed by atoms with Crippen molar-refractivity contribution >= 4 is 18.3 Å². The first kappa shape index (κ1) is 22.0. The molecule has 2 fully saturated rings. The number of hydrogen-bond donors (Lipinski definition) is 2. The van der Waals surface area contributed by atoms with Gasteiger partial charge in [0, 0.05) is 31.5 Å². The zero-order valence-electron chi connectivity index (χ0n) is 15.9. The number of rotatable bonds is 7. The van der Waals surface area contributed by atoms with Crippen molar-refractivity contribution in [2.24, 2.45) is 11.1 Å². The Hall–Kier alpha value is -1.34. The molecule has 1 heterocycles. The molecule has 1 aromatic carbocycles. The molecule has 1 saturated carbocycles. The van der Waals surface area contributed by atoms with E-state index >= 15 is 0 Å². The number of nitrogens with two attached hydrogens (primary N) is 1. The van der Waals surface area contributed by atoms with Crippen molar-refractivity contribution in [1.82, 2.24) is 4.90 Å². The average molecular weight is 399 g/mol. The van der Waals surface area contributed by atoms with Crippen LogP contribution in [0.2, 0.25) is 0 Å². The molecule has 0 unspecified atom stereocenters. The van der Waals surface area contributed by atoms with Gasteiger partial charge in [0.25, 0.3) is 0 Å². The van der Waals surface area contributed by atoms with E-state index in [1.807, 2.05) is 36.1 Å². The van der Waals surface area contributed by atoms with E-state index in [9.17, 15) is 9.90 Å². The second-order valence-electron chi connectivity index (χ2n) is 7.27. The monoisotopic (exact) mass is 398 g/mol. The molecular weight excluding hydrogens is 368 g/mol. The lowest BCUT2D eigenvalue weighted by molar-refractivity contribution is -0.210. The maximum absolute atomic E-state index is 12.6. The van der Waals surface area contributed by atoms with Gasteiger partial charge in [0.15, 0.2) is 0 Å². The second-order valence-corrected chi connectivity index (χ2v) is 7.27. The Labute approximate surface area is 167 Å². The van der Waals surface area contributed by atoms with Gasteiger partial charge >= 0.3 is 0 Å². The van der Waals surface area contributed by atoms with Crippen LogP contribution in [-0.4, -0.2) is 61.0 Å². The molecule has 3 N–H and O–H groups in total. The van der Waals surface area contributed by atoms with E-state index in [-0.39, 0.29) is 35.9 Å². The van der Waals surface area contributed by atoms with Crippen molar-refractivity contribution in [1.29, 1.82) is 0 Å². The number of aliphatic hydroxyl groups is 1. The highest BCUT2D eigenvalue weighted by Gasteiger charge is 2.56. The van der Waals surface area contributed by atoms with Gasteiger partial charge in [-0.25, -0.2) is 0 Å². The first-order valence-electron chi connectivity index (χ1n) is 9.58. The maximum Gasteiger partial charge on any atom is 0.226 e. The minimum atomic E-state index is -0.325. The van der Waals surface area contributed by atoms with Gasteiger partial charge in [-0.15, -0.1) is 12.4 Å². The molecule has 1 amide bonds. The molecule has 1 spiro atoms. The number of amides is 1. The van der Waals surface area contributed by atoms with Crippen molar-refractivity contribution in [3.05, 3.63) is 29.8 Å². The predicted octanol–water partition coefficient (Wildman–Crippen LogP) is 1.77. The third kappa shape index (κ3) is 4.74. The van der Waals surface area contributed by atoms with Gasteiger partial charge in [-0.3, -0.25) is 4.79 Å². The summed E-state index contributed by atoms with van der Waals surface area (Å²) in [5, 5.41) is 10.3. The fourth-order valence-electron chi connectivity index (χ4n) is 4.15. The number of likely N-dealkylation sites (tertiary alicyclic amines) is 1. The van der Waals surface area contributed by atoms with Gasteiger partial charge in [0.05, 0.1) is 31.8 Å². The topological polar surface area (TPSA) is 85.0 Å². The Morgan fingerprint density at radius 3 is 2.52 bits per heavy atom. The molecule has 2 atom stereocenters. The van der Waals surface area contributed by atoms with E-state index in [2.05, 4.69) is 0 Å². The summed E-state index contributed by atoms with van der Waals surface area (Å²) in [6.45, 7) is 4.96. The highest BCUT2D eigenvalue weighted by atomic mass is 35.5. The van der Waals surface area contributed by atoms with Crippen molar-refractivity contribution in [2.45, 2.75) is 44.8 Å². The van der Waals surface area contributed by atoms with Crippen LogP contribution in [0.4, 0.5) is 0 Å². The quantitative estimate of drug-likeness (QED) is 0.731. The molecule has 1 aromatic rings. The Bertz CT molecular complexity index is 603. The largest absolute Gasteiger partial charge is 0.494 e. The summed E-state index contributed by atoms with van der Waals surface area (Å²) in [6.07, 6.45) is 2.41. The molecule has 152 valence electrons. The minimum Gasteiger partial charge on any atom is -0.494 e. The standard InChI is InChI=1S/C20H30N2O4.ClH/c1-2-25-16-5-3-15(4-6-16)13-19(24)22-10-7-20(8-11-22)17(23)14-18(20)26-12-9-21;/h3-6,17-18,23H,2,7-14,21H2,1H3;1H/t17-,18+;/m1./s1. The van der Waals surface area contributed by atoms with E-state index in [0.29, 0.717) is 45.7 Å². The Balaban J connectivity index is 0.00000261. The van der Waals surface area contributed by atoms with E-state index in [0.717, 1.165) is 24.2 Å². The van der Waals surface area contributed by atoms with Crippen LogP contribution in [0.5, 0.6) is 5.75 Å². The lowest BCUT2D eigenvalue weighted by atomic mass is 9.58. The number of nitrogens with zero attached hydrogens (tertiary/aromatic N) is 1. The van der Waals surface area contributed by atoms with Crippen molar-refractivity contribution in [3.8, 4) is 5.75 Å². The second kappa shape index (κ2) is 9.73. The molecule has 1 aliphatic carbocycles. The number of piperidine rings is 1. The van der Waals surface area contributed by atoms with Crippen LogP contribution in [0.15, 0.2) is 24.3 Å². The number of hydrogen-bond acceptors (Lipinski definition) is 5. The molecule has 1 aliphatic heterocycles. The number of ether oxygens (including phenoxy) is 2. The van der Waals surface area contributed by atoms with Gasteiger partial charge in [-0.1, -0.05) is 12.1 Å². The minimum absolute atomic E-state index is 0. The lowest BCUT2D eigenvalue weighted by Gasteiger charge is -2.56. The summed E-state index contributed by atoms with van der Waals surface area (Å²) >= 11 is 0. The normalized spacial score (nSPS) is 23.4. The summed E-state index contributed by atoms with van der Waals surface area (Å²) in [5.41, 5.74) is 6.32. The maximum atomic E-state index is 12.6. The third-order valence-electron chi connectivity index (χ3n) is 5.82. The molecule has 3 rings (SSSR count). The van der Waals surface area contributed by atoms with Gasteiger partial charge in [0.1, 0.15) is 5.75 Å². The predicted molar refractivity (Wildman–Crippen MR) is 106 cm³/mol. The summed E-state index contributed by atoms with van der Waals surface area (Å²) in [4.78, 5) is 14.5. The lowest BCUT2D eigenvalue weighted by Crippen LogP contribution is -2.63.